The summed E-state index contributed by atoms with van der Waals surface area (Å²) in [6.07, 6.45) is 0.733. The van der Waals surface area contributed by atoms with Crippen molar-refractivity contribution >= 4 is 23.8 Å². The zero-order valence-corrected chi connectivity index (χ0v) is 20.7. The van der Waals surface area contributed by atoms with E-state index in [9.17, 15) is 9.59 Å². The molecule has 0 spiro atoms. The fourth-order valence-corrected chi connectivity index (χ4v) is 3.17. The highest BCUT2D eigenvalue weighted by atomic mass is 16.6. The molecule has 0 unspecified atom stereocenters. The Bertz CT molecular complexity index is 944. The van der Waals surface area contributed by atoms with Crippen LogP contribution in [0.5, 0.6) is 5.75 Å². The average Bonchev–Trinajstić information content (AvgIpc) is 2.79. The third-order valence-corrected chi connectivity index (χ3v) is 4.71. The number of rotatable bonds is 5. The minimum Gasteiger partial charge on any atom is -0.490 e. The van der Waals surface area contributed by atoms with Gasteiger partial charge in [-0.1, -0.05) is 30.3 Å². The van der Waals surface area contributed by atoms with Crippen LogP contribution in [-0.4, -0.2) is 53.0 Å². The average molecular weight is 487 g/mol. The number of ether oxygens (including phenoxy) is 3. The van der Waals surface area contributed by atoms with E-state index in [-0.39, 0.29) is 18.8 Å². The van der Waals surface area contributed by atoms with Crippen LogP contribution in [0.15, 0.2) is 54.6 Å². The van der Waals surface area contributed by atoms with Crippen molar-refractivity contribution in [1.82, 2.24) is 4.90 Å². The molecule has 1 aliphatic heterocycles. The van der Waals surface area contributed by atoms with E-state index >= 15 is 0 Å². The van der Waals surface area contributed by atoms with Crippen LogP contribution in [0, 0.1) is 0 Å². The molecule has 0 bridgehead atoms. The molecule has 9 heteroatoms. The molecule has 2 N–H and O–H groups in total. The number of nitrogens with zero attached hydrogens (tertiary/aromatic N) is 1. The number of hydrogen-bond donors (Lipinski definition) is 2. The van der Waals surface area contributed by atoms with Crippen LogP contribution in [0.3, 0.4) is 0 Å². The fourth-order valence-electron chi connectivity index (χ4n) is 3.17. The minimum atomic E-state index is -0.833. The summed E-state index contributed by atoms with van der Waals surface area (Å²) in [6, 6.07) is 16.7. The molecule has 0 aliphatic carbocycles. The number of benzene rings is 2. The Labute approximate surface area is 206 Å². The second-order valence-corrected chi connectivity index (χ2v) is 9.01. The topological polar surface area (TPSA) is 114 Å². The lowest BCUT2D eigenvalue weighted by Gasteiger charge is -2.33. The van der Waals surface area contributed by atoms with E-state index in [0.717, 1.165) is 31.1 Å². The quantitative estimate of drug-likeness (QED) is 0.589. The summed E-state index contributed by atoms with van der Waals surface area (Å²) in [7, 11) is 0. The van der Waals surface area contributed by atoms with Crippen LogP contribution in [-0.2, 0) is 20.9 Å². The summed E-state index contributed by atoms with van der Waals surface area (Å²) in [5, 5.41) is 10.1. The molecule has 2 aromatic carbocycles. The maximum atomic E-state index is 12.1. The molecule has 2 aromatic rings. The van der Waals surface area contributed by atoms with Crippen LogP contribution in [0.2, 0.25) is 0 Å². The number of piperidine rings is 1. The Hall–Kier alpha value is -3.75. The van der Waals surface area contributed by atoms with Crippen molar-refractivity contribution in [3.05, 3.63) is 60.2 Å². The lowest BCUT2D eigenvalue weighted by Crippen LogP contribution is -2.44. The Kier molecular flexibility index (Phi) is 10.4. The van der Waals surface area contributed by atoms with E-state index in [1.807, 2.05) is 63.2 Å². The van der Waals surface area contributed by atoms with Gasteiger partial charge in [0.05, 0.1) is 0 Å². The number of hydrogen-bond acceptors (Lipinski definition) is 6. The van der Waals surface area contributed by atoms with Crippen molar-refractivity contribution in [1.29, 1.82) is 0 Å². The second-order valence-electron chi connectivity index (χ2n) is 9.01. The monoisotopic (exact) mass is 486 g/mol. The van der Waals surface area contributed by atoms with Crippen LogP contribution >= 0.6 is 0 Å². The summed E-state index contributed by atoms with van der Waals surface area (Å²) >= 11 is 0. The highest BCUT2D eigenvalue weighted by Gasteiger charge is 2.27. The zero-order valence-electron chi connectivity index (χ0n) is 20.7. The maximum absolute atomic E-state index is 12.1. The molecule has 190 valence electrons. The normalized spacial score (nSPS) is 13.7. The fraction of sp³-hybridized carbons (Fsp3) is 0.423. The summed E-state index contributed by atoms with van der Waals surface area (Å²) < 4.78 is 16.7. The number of amides is 2. The first-order valence-corrected chi connectivity index (χ1v) is 11.4. The van der Waals surface area contributed by atoms with E-state index < -0.39 is 17.7 Å². The van der Waals surface area contributed by atoms with E-state index in [1.54, 1.807) is 17.0 Å². The molecule has 35 heavy (non-hydrogen) atoms. The maximum Gasteiger partial charge on any atom is 0.411 e. The van der Waals surface area contributed by atoms with E-state index in [0.29, 0.717) is 18.8 Å². The highest BCUT2D eigenvalue weighted by Crippen LogP contribution is 2.22. The number of likely N-dealkylation sites (tertiary alicyclic amines) is 1. The Morgan fingerprint density at radius 2 is 1.57 bits per heavy atom. The molecule has 1 saturated heterocycles. The molecule has 1 heterocycles. The van der Waals surface area contributed by atoms with E-state index in [4.69, 9.17) is 24.1 Å². The smallest absolute Gasteiger partial charge is 0.411 e. The summed E-state index contributed by atoms with van der Waals surface area (Å²) in [5.74, 6) is -0.112. The summed E-state index contributed by atoms with van der Waals surface area (Å²) in [5.41, 5.74) is 1.07. The van der Waals surface area contributed by atoms with Crippen LogP contribution in [0.25, 0.3) is 0 Å². The van der Waals surface area contributed by atoms with Gasteiger partial charge < -0.3 is 24.2 Å². The largest absolute Gasteiger partial charge is 0.490 e. The summed E-state index contributed by atoms with van der Waals surface area (Å²) in [4.78, 5) is 34.8. The first-order valence-electron chi connectivity index (χ1n) is 11.4. The molecule has 2 amide bonds. The van der Waals surface area contributed by atoms with E-state index in [2.05, 4.69) is 5.32 Å². The minimum absolute atomic E-state index is 0.0355. The van der Waals surface area contributed by atoms with E-state index in [1.165, 1.54) is 0 Å². The molecular weight excluding hydrogens is 452 g/mol. The molecule has 0 saturated carbocycles. The highest BCUT2D eigenvalue weighted by molar-refractivity contribution is 5.84. The van der Waals surface area contributed by atoms with Crippen molar-refractivity contribution in [3.8, 4) is 5.75 Å². The number of carbonyl (C=O) groups is 3. The van der Waals surface area contributed by atoms with Crippen molar-refractivity contribution < 1.29 is 33.7 Å². The number of carbonyl (C=O) groups excluding carboxylic acids is 2. The molecule has 0 aromatic heterocycles. The van der Waals surface area contributed by atoms with Crippen LogP contribution < -0.4 is 10.1 Å². The molecule has 1 aliphatic rings. The van der Waals surface area contributed by atoms with Gasteiger partial charge in [-0.15, -0.1) is 0 Å². The SMILES string of the molecule is CC(=O)O.CC(C)(C)OC(=O)N1CCC(Oc2ccc(NC(=O)OCc3ccccc3)cc2)CC1. The molecule has 1 fully saturated rings. The van der Waals surface area contributed by atoms with Gasteiger partial charge in [-0.25, -0.2) is 9.59 Å². The van der Waals surface area contributed by atoms with Crippen molar-refractivity contribution in [3.63, 3.8) is 0 Å². The van der Waals surface area contributed by atoms with Crippen molar-refractivity contribution in [2.45, 2.75) is 58.8 Å². The van der Waals surface area contributed by atoms with Crippen molar-refractivity contribution in [2.24, 2.45) is 0 Å². The van der Waals surface area contributed by atoms with Gasteiger partial charge in [0.25, 0.3) is 5.97 Å². The second kappa shape index (κ2) is 13.2. The molecule has 9 nitrogen and oxygen atoms in total. The molecule has 0 atom stereocenters. The van der Waals surface area contributed by atoms with Crippen LogP contribution in [0.1, 0.15) is 46.1 Å². The number of anilines is 1. The van der Waals surface area contributed by atoms with Gasteiger partial charge in [0, 0.05) is 38.5 Å². The third kappa shape index (κ3) is 11.3. The number of carboxylic acid groups (broad SMARTS) is 1. The summed E-state index contributed by atoms with van der Waals surface area (Å²) in [6.45, 7) is 8.10. The first-order chi connectivity index (χ1) is 16.5. The van der Waals surface area contributed by atoms with Crippen molar-refractivity contribution in [2.75, 3.05) is 18.4 Å². The van der Waals surface area contributed by atoms with Gasteiger partial charge in [-0.3, -0.25) is 10.1 Å². The van der Waals surface area contributed by atoms with Gasteiger partial charge in [-0.05, 0) is 50.6 Å². The Morgan fingerprint density at radius 1 is 1.00 bits per heavy atom. The number of aliphatic carboxylic acids is 1. The zero-order chi connectivity index (χ0) is 25.8. The van der Waals surface area contributed by atoms with Crippen LogP contribution in [0.4, 0.5) is 15.3 Å². The number of nitrogens with one attached hydrogen (secondary N) is 1. The van der Waals surface area contributed by atoms with Gasteiger partial charge in [0.15, 0.2) is 0 Å². The third-order valence-electron chi connectivity index (χ3n) is 4.71. The molecule has 3 rings (SSSR count). The predicted octanol–water partition coefficient (Wildman–Crippen LogP) is 5.30. The lowest BCUT2D eigenvalue weighted by atomic mass is 10.1. The van der Waals surface area contributed by atoms with Gasteiger partial charge in [0.2, 0.25) is 0 Å². The number of carboxylic acids is 1. The Balaban J connectivity index is 0.00000100. The van der Waals surface area contributed by atoms with Gasteiger partial charge >= 0.3 is 12.2 Å². The van der Waals surface area contributed by atoms with Gasteiger partial charge in [-0.2, -0.15) is 0 Å². The molecular formula is C26H34N2O7. The molecule has 0 radical (unpaired) electrons. The first kappa shape index (κ1) is 27.5. The standard InChI is InChI=1S/C24H30N2O5.C2H4O2/c1-24(2,3)31-23(28)26-15-13-21(14-16-26)30-20-11-9-19(10-12-20)25-22(27)29-17-18-7-5-4-6-8-18;1-2(3)4/h4-12,21H,13-17H2,1-3H3,(H,25,27);1H3,(H,3,4). The van der Waals surface area contributed by atoms with Gasteiger partial charge in [0.1, 0.15) is 24.1 Å². The Morgan fingerprint density at radius 3 is 2.11 bits per heavy atom. The predicted molar refractivity (Wildman–Crippen MR) is 131 cm³/mol. The lowest BCUT2D eigenvalue weighted by molar-refractivity contribution is -0.134.